The number of hydrogen-bond donors (Lipinski definition) is 4. The molecule has 13 heteroatoms. The van der Waals surface area contributed by atoms with Gasteiger partial charge in [-0.1, -0.05) is 97.3 Å². The lowest BCUT2D eigenvalue weighted by Gasteiger charge is -2.40. The monoisotopic (exact) mass is 640 g/mol. The standard InChI is InChI=1S/C30H56O12S/c1-3-5-7-9-11-12-13-15-17-19-26(32)41-23(20-39-25(31)18-16-14-10-8-6-4-2)21-40-30-29(35)28(34)27(33)24(42-30)22-43(36,37)38/h23-24,27-30,33-35H,3-22H2,1-2H3,(H,36,37,38)/t23-,24-,27-,28+,29-,30-/m1/s1. The Hall–Kier alpha value is -1.35. The van der Waals surface area contributed by atoms with Crippen LogP contribution in [0.4, 0.5) is 0 Å². The fourth-order valence-corrected chi connectivity index (χ4v) is 5.54. The van der Waals surface area contributed by atoms with Crippen LogP contribution in [-0.4, -0.2) is 96.0 Å². The Labute approximate surface area is 257 Å². The second-order valence-electron chi connectivity index (χ2n) is 11.5. The number of aliphatic hydroxyl groups excluding tert-OH is 3. The summed E-state index contributed by atoms with van der Waals surface area (Å²) in [4.78, 5) is 24.8. The summed E-state index contributed by atoms with van der Waals surface area (Å²) in [6, 6.07) is 0. The van der Waals surface area contributed by atoms with E-state index in [0.717, 1.165) is 51.4 Å². The minimum atomic E-state index is -4.58. The topological polar surface area (TPSA) is 186 Å². The SMILES string of the molecule is CCCCCCCCCCCC(=O)O[C@H](COC(=O)CCCCCCCC)CO[C@@H]1O[C@H](CS(=O)(=O)O)[C@@H](O)[C@H](O)[C@H]1O. The van der Waals surface area contributed by atoms with Crippen molar-refractivity contribution in [2.75, 3.05) is 19.0 Å². The molecule has 254 valence electrons. The third-order valence-corrected chi connectivity index (χ3v) is 8.19. The van der Waals surface area contributed by atoms with Crippen LogP contribution in [0.3, 0.4) is 0 Å². The van der Waals surface area contributed by atoms with Crippen LogP contribution in [0.15, 0.2) is 0 Å². The third kappa shape index (κ3) is 18.9. The van der Waals surface area contributed by atoms with Gasteiger partial charge in [-0.3, -0.25) is 14.1 Å². The number of rotatable bonds is 25. The van der Waals surface area contributed by atoms with Gasteiger partial charge in [0.25, 0.3) is 10.1 Å². The maximum Gasteiger partial charge on any atom is 0.306 e. The molecule has 6 atom stereocenters. The van der Waals surface area contributed by atoms with Gasteiger partial charge in [-0.15, -0.1) is 0 Å². The van der Waals surface area contributed by atoms with Crippen LogP contribution in [0.1, 0.15) is 123 Å². The average Bonchev–Trinajstić information content (AvgIpc) is 2.95. The van der Waals surface area contributed by atoms with Gasteiger partial charge in [0.2, 0.25) is 0 Å². The number of ether oxygens (including phenoxy) is 4. The molecule has 1 rings (SSSR count). The Morgan fingerprint density at radius 3 is 1.70 bits per heavy atom. The van der Waals surface area contributed by atoms with Crippen LogP contribution in [0.2, 0.25) is 0 Å². The lowest BCUT2D eigenvalue weighted by Crippen LogP contribution is -2.60. The van der Waals surface area contributed by atoms with Crippen molar-refractivity contribution >= 4 is 22.1 Å². The Kier molecular flexibility index (Phi) is 21.3. The molecule has 0 aromatic carbocycles. The van der Waals surface area contributed by atoms with E-state index in [1.807, 2.05) is 0 Å². The number of carbonyl (C=O) groups is 2. The first kappa shape index (κ1) is 39.7. The van der Waals surface area contributed by atoms with Crippen LogP contribution in [0.5, 0.6) is 0 Å². The van der Waals surface area contributed by atoms with Gasteiger partial charge in [0.15, 0.2) is 12.4 Å². The molecule has 0 aromatic heterocycles. The van der Waals surface area contributed by atoms with Crippen molar-refractivity contribution in [2.45, 2.75) is 160 Å². The molecule has 1 aliphatic heterocycles. The van der Waals surface area contributed by atoms with E-state index in [-0.39, 0.29) is 19.4 Å². The molecule has 0 radical (unpaired) electrons. The summed E-state index contributed by atoms with van der Waals surface area (Å²) in [6.45, 7) is 3.60. The zero-order valence-corrected chi connectivity index (χ0v) is 26.9. The highest BCUT2D eigenvalue weighted by molar-refractivity contribution is 7.85. The smallest absolute Gasteiger partial charge is 0.306 e. The molecule has 1 saturated heterocycles. The average molecular weight is 641 g/mol. The van der Waals surface area contributed by atoms with Crippen molar-refractivity contribution in [3.63, 3.8) is 0 Å². The molecule has 0 bridgehead atoms. The highest BCUT2D eigenvalue weighted by atomic mass is 32.2. The van der Waals surface area contributed by atoms with E-state index in [1.54, 1.807) is 0 Å². The van der Waals surface area contributed by atoms with E-state index >= 15 is 0 Å². The molecular weight excluding hydrogens is 584 g/mol. The lowest BCUT2D eigenvalue weighted by atomic mass is 10.00. The molecule has 1 heterocycles. The van der Waals surface area contributed by atoms with Gasteiger partial charge in [-0.2, -0.15) is 8.42 Å². The van der Waals surface area contributed by atoms with Crippen molar-refractivity contribution in [2.24, 2.45) is 0 Å². The summed E-state index contributed by atoms with van der Waals surface area (Å²) in [5.41, 5.74) is 0. The highest BCUT2D eigenvalue weighted by Crippen LogP contribution is 2.23. The zero-order valence-electron chi connectivity index (χ0n) is 26.1. The predicted molar refractivity (Wildman–Crippen MR) is 160 cm³/mol. The summed E-state index contributed by atoms with van der Waals surface area (Å²) < 4.78 is 53.3. The van der Waals surface area contributed by atoms with Crippen molar-refractivity contribution in [1.29, 1.82) is 0 Å². The van der Waals surface area contributed by atoms with Crippen LogP contribution in [0, 0.1) is 0 Å². The number of unbranched alkanes of at least 4 members (excludes halogenated alkanes) is 13. The maximum absolute atomic E-state index is 12.6. The first-order valence-corrected chi connectivity index (χ1v) is 17.7. The quantitative estimate of drug-likeness (QED) is 0.0643. The fraction of sp³-hybridized carbons (Fsp3) is 0.933. The molecule has 12 nitrogen and oxygen atoms in total. The Bertz CT molecular complexity index is 852. The molecule has 4 N–H and O–H groups in total. The van der Waals surface area contributed by atoms with Gasteiger partial charge >= 0.3 is 11.9 Å². The van der Waals surface area contributed by atoms with Crippen LogP contribution in [-0.2, 0) is 38.7 Å². The summed E-state index contributed by atoms with van der Waals surface area (Å²) in [7, 11) is -4.58. The van der Waals surface area contributed by atoms with E-state index in [9.17, 15) is 33.3 Å². The van der Waals surface area contributed by atoms with E-state index in [4.69, 9.17) is 23.5 Å². The molecule has 1 fully saturated rings. The van der Waals surface area contributed by atoms with Gasteiger partial charge in [0, 0.05) is 12.8 Å². The van der Waals surface area contributed by atoms with E-state index in [2.05, 4.69) is 13.8 Å². The second-order valence-corrected chi connectivity index (χ2v) is 13.0. The normalized spacial score (nSPS) is 23.2. The third-order valence-electron chi connectivity index (χ3n) is 7.44. The number of aliphatic hydroxyl groups is 3. The van der Waals surface area contributed by atoms with Crippen molar-refractivity contribution < 1.29 is 56.8 Å². The molecule has 0 spiro atoms. The maximum atomic E-state index is 12.6. The van der Waals surface area contributed by atoms with E-state index < -0.39 is 71.2 Å². The highest BCUT2D eigenvalue weighted by Gasteiger charge is 2.46. The Morgan fingerprint density at radius 1 is 0.698 bits per heavy atom. The van der Waals surface area contributed by atoms with E-state index in [0.29, 0.717) is 12.8 Å². The number of hydrogen-bond acceptors (Lipinski definition) is 11. The molecule has 0 aliphatic carbocycles. The van der Waals surface area contributed by atoms with Crippen LogP contribution >= 0.6 is 0 Å². The molecular formula is C30H56O12S. The van der Waals surface area contributed by atoms with E-state index in [1.165, 1.54) is 32.1 Å². The summed E-state index contributed by atoms with van der Waals surface area (Å²) in [5.74, 6) is -1.99. The predicted octanol–water partition coefficient (Wildman–Crippen LogP) is 3.82. The van der Waals surface area contributed by atoms with Gasteiger partial charge in [0.05, 0.1) is 6.61 Å². The minimum Gasteiger partial charge on any atom is -0.462 e. The van der Waals surface area contributed by atoms with Crippen molar-refractivity contribution in [1.82, 2.24) is 0 Å². The zero-order chi connectivity index (χ0) is 32.1. The van der Waals surface area contributed by atoms with Gasteiger partial charge in [-0.05, 0) is 12.8 Å². The second kappa shape index (κ2) is 23.1. The number of carbonyl (C=O) groups excluding carboxylic acids is 2. The van der Waals surface area contributed by atoms with Crippen molar-refractivity contribution in [3.8, 4) is 0 Å². The number of esters is 2. The van der Waals surface area contributed by atoms with Crippen LogP contribution in [0.25, 0.3) is 0 Å². The molecule has 0 aromatic rings. The Morgan fingerprint density at radius 2 is 1.19 bits per heavy atom. The lowest BCUT2D eigenvalue weighted by molar-refractivity contribution is -0.297. The largest absolute Gasteiger partial charge is 0.462 e. The summed E-state index contributed by atoms with van der Waals surface area (Å²) in [6.07, 6.45) is 6.57. The van der Waals surface area contributed by atoms with Gasteiger partial charge in [-0.25, -0.2) is 0 Å². The molecule has 43 heavy (non-hydrogen) atoms. The first-order valence-electron chi connectivity index (χ1n) is 16.1. The van der Waals surface area contributed by atoms with Crippen molar-refractivity contribution in [3.05, 3.63) is 0 Å². The summed E-state index contributed by atoms with van der Waals surface area (Å²) in [5, 5.41) is 30.5. The van der Waals surface area contributed by atoms with Crippen LogP contribution < -0.4 is 0 Å². The molecule has 1 aliphatic rings. The molecule has 0 amide bonds. The van der Waals surface area contributed by atoms with Gasteiger partial charge in [0.1, 0.15) is 36.8 Å². The molecule has 0 saturated carbocycles. The minimum absolute atomic E-state index is 0.169. The van der Waals surface area contributed by atoms with Gasteiger partial charge < -0.3 is 34.3 Å². The Balaban J connectivity index is 2.62. The first-order chi connectivity index (χ1) is 20.5. The summed E-state index contributed by atoms with van der Waals surface area (Å²) >= 11 is 0. The molecule has 0 unspecified atom stereocenters. The fourth-order valence-electron chi connectivity index (χ4n) is 4.85.